The second-order valence-electron chi connectivity index (χ2n) is 7.79. The first-order chi connectivity index (χ1) is 14.4. The number of sulfone groups is 1. The molecule has 2 N–H and O–H groups in total. The monoisotopic (exact) mass is 426 g/mol. The average Bonchev–Trinajstić information content (AvgIpc) is 3.39. The molecule has 1 aromatic carbocycles. The number of nitrogens with zero attached hydrogens (tertiary/aromatic N) is 1. The number of ether oxygens (including phenoxy) is 1. The molecular formula is C23H26N2O4S. The van der Waals surface area contributed by atoms with Gasteiger partial charge in [-0.15, -0.1) is 0 Å². The lowest BCUT2D eigenvalue weighted by Crippen LogP contribution is -2.01. The molecule has 1 aliphatic rings. The summed E-state index contributed by atoms with van der Waals surface area (Å²) in [6, 6.07) is 11.0. The van der Waals surface area contributed by atoms with Crippen LogP contribution in [0.4, 0.5) is 0 Å². The molecule has 7 heteroatoms. The molecule has 4 rings (SSSR count). The van der Waals surface area contributed by atoms with E-state index in [0.717, 1.165) is 27.9 Å². The van der Waals surface area contributed by atoms with Gasteiger partial charge in [-0.05, 0) is 48.6 Å². The van der Waals surface area contributed by atoms with E-state index in [1.165, 1.54) is 31.9 Å². The van der Waals surface area contributed by atoms with Crippen LogP contribution in [-0.4, -0.2) is 43.0 Å². The highest BCUT2D eigenvalue weighted by Gasteiger charge is 2.17. The molecule has 158 valence electrons. The number of hydrogen-bond donors (Lipinski definition) is 2. The molecule has 3 aromatic rings. The fraction of sp³-hybridized carbons (Fsp3) is 0.348. The number of hydrogen-bond acceptors (Lipinski definition) is 5. The number of aromatic amines is 1. The van der Waals surface area contributed by atoms with Crippen molar-refractivity contribution in [1.82, 2.24) is 9.97 Å². The van der Waals surface area contributed by atoms with Crippen molar-refractivity contribution in [3.05, 3.63) is 59.9 Å². The fourth-order valence-corrected chi connectivity index (χ4v) is 4.60. The van der Waals surface area contributed by atoms with E-state index in [4.69, 9.17) is 9.84 Å². The van der Waals surface area contributed by atoms with Crippen LogP contribution in [0.2, 0.25) is 0 Å². The van der Waals surface area contributed by atoms with E-state index in [0.29, 0.717) is 16.6 Å². The van der Waals surface area contributed by atoms with Crippen LogP contribution in [0.15, 0.2) is 53.6 Å². The zero-order valence-electron chi connectivity index (χ0n) is 17.0. The molecule has 1 saturated carbocycles. The first-order valence-corrected chi connectivity index (χ1v) is 12.1. The molecule has 0 radical (unpaired) electrons. The van der Waals surface area contributed by atoms with Gasteiger partial charge in [-0.2, -0.15) is 0 Å². The molecule has 1 fully saturated rings. The standard InChI is InChI=1S/C23H26N2O4S/c1-30(27,28)20-8-6-17(7-9-20)21(12-16-4-2-3-5-16)22-14-18-13-19(29-11-10-26)15-24-23(18)25-22/h6-9,12-16,26H,2-5,10-11H2,1H3,(H,24,25)/b21-12+. The summed E-state index contributed by atoms with van der Waals surface area (Å²) in [5.41, 5.74) is 3.72. The number of rotatable bonds is 7. The number of pyridine rings is 1. The van der Waals surface area contributed by atoms with E-state index in [-0.39, 0.29) is 13.2 Å². The Bertz CT molecular complexity index is 1160. The van der Waals surface area contributed by atoms with Gasteiger partial charge in [-0.1, -0.05) is 31.1 Å². The van der Waals surface area contributed by atoms with Crippen molar-refractivity contribution in [2.24, 2.45) is 5.92 Å². The molecule has 2 aromatic heterocycles. The van der Waals surface area contributed by atoms with E-state index >= 15 is 0 Å². The lowest BCUT2D eigenvalue weighted by atomic mass is 9.96. The van der Waals surface area contributed by atoms with Gasteiger partial charge < -0.3 is 14.8 Å². The van der Waals surface area contributed by atoms with Crippen LogP contribution in [0.1, 0.15) is 36.9 Å². The Hall–Kier alpha value is -2.64. The number of nitrogens with one attached hydrogen (secondary N) is 1. The van der Waals surface area contributed by atoms with E-state index in [1.54, 1.807) is 18.3 Å². The summed E-state index contributed by atoms with van der Waals surface area (Å²) in [6.45, 7) is 0.179. The van der Waals surface area contributed by atoms with Crippen molar-refractivity contribution in [2.75, 3.05) is 19.5 Å². The van der Waals surface area contributed by atoms with Gasteiger partial charge in [0.25, 0.3) is 0 Å². The molecule has 0 atom stereocenters. The minimum atomic E-state index is -3.23. The average molecular weight is 427 g/mol. The number of aliphatic hydroxyl groups is 1. The maximum Gasteiger partial charge on any atom is 0.175 e. The van der Waals surface area contributed by atoms with Gasteiger partial charge in [0.1, 0.15) is 18.0 Å². The van der Waals surface area contributed by atoms with Gasteiger partial charge >= 0.3 is 0 Å². The third kappa shape index (κ3) is 4.57. The van der Waals surface area contributed by atoms with Gasteiger partial charge in [0.2, 0.25) is 0 Å². The smallest absolute Gasteiger partial charge is 0.175 e. The van der Waals surface area contributed by atoms with Gasteiger partial charge in [-0.25, -0.2) is 13.4 Å². The van der Waals surface area contributed by atoms with Crippen molar-refractivity contribution >= 4 is 26.4 Å². The van der Waals surface area contributed by atoms with Crippen LogP contribution in [0.5, 0.6) is 5.75 Å². The highest BCUT2D eigenvalue weighted by molar-refractivity contribution is 7.90. The number of H-pyrrole nitrogens is 1. The fourth-order valence-electron chi connectivity index (χ4n) is 3.97. The Labute approximate surface area is 176 Å². The first kappa shape index (κ1) is 20.6. The Kier molecular flexibility index (Phi) is 5.92. The van der Waals surface area contributed by atoms with Crippen LogP contribution in [0.25, 0.3) is 16.6 Å². The van der Waals surface area contributed by atoms with E-state index in [2.05, 4.69) is 16.0 Å². The van der Waals surface area contributed by atoms with Crippen molar-refractivity contribution < 1.29 is 18.3 Å². The Morgan fingerprint density at radius 1 is 1.23 bits per heavy atom. The first-order valence-electron chi connectivity index (χ1n) is 10.2. The van der Waals surface area contributed by atoms with Crippen LogP contribution in [0.3, 0.4) is 0 Å². The maximum absolute atomic E-state index is 11.8. The molecule has 1 aliphatic carbocycles. The van der Waals surface area contributed by atoms with Crippen LogP contribution >= 0.6 is 0 Å². The summed E-state index contributed by atoms with van der Waals surface area (Å²) in [5.74, 6) is 1.12. The van der Waals surface area contributed by atoms with Crippen LogP contribution in [-0.2, 0) is 9.84 Å². The summed E-state index contributed by atoms with van der Waals surface area (Å²) in [4.78, 5) is 8.15. The van der Waals surface area contributed by atoms with Crippen molar-refractivity contribution in [3.8, 4) is 5.75 Å². The van der Waals surface area contributed by atoms with Crippen molar-refractivity contribution in [1.29, 1.82) is 0 Å². The van der Waals surface area contributed by atoms with E-state index in [9.17, 15) is 8.42 Å². The minimum Gasteiger partial charge on any atom is -0.490 e. The summed E-state index contributed by atoms with van der Waals surface area (Å²) in [6.07, 6.45) is 9.97. The predicted octanol–water partition coefficient (Wildman–Crippen LogP) is 3.96. The Morgan fingerprint density at radius 3 is 2.63 bits per heavy atom. The van der Waals surface area contributed by atoms with Crippen LogP contribution in [0, 0.1) is 5.92 Å². The number of aliphatic hydroxyl groups excluding tert-OH is 1. The Balaban J connectivity index is 1.74. The molecule has 0 amide bonds. The third-order valence-electron chi connectivity index (χ3n) is 5.49. The molecule has 0 spiro atoms. The summed E-state index contributed by atoms with van der Waals surface area (Å²) in [7, 11) is -3.23. The highest BCUT2D eigenvalue weighted by Crippen LogP contribution is 2.33. The summed E-state index contributed by atoms with van der Waals surface area (Å²) >= 11 is 0. The summed E-state index contributed by atoms with van der Waals surface area (Å²) < 4.78 is 29.1. The van der Waals surface area contributed by atoms with Crippen molar-refractivity contribution in [2.45, 2.75) is 30.6 Å². The molecule has 0 saturated heterocycles. The van der Waals surface area contributed by atoms with Gasteiger partial charge in [-0.3, -0.25) is 0 Å². The quantitative estimate of drug-likeness (QED) is 0.597. The SMILES string of the molecule is CS(=O)(=O)c1ccc(/C(=C\C2CCCC2)c2cc3cc(OCCO)cnc3[nH]2)cc1. The zero-order valence-corrected chi connectivity index (χ0v) is 17.8. The maximum atomic E-state index is 11.8. The highest BCUT2D eigenvalue weighted by atomic mass is 32.2. The minimum absolute atomic E-state index is 0.0474. The lowest BCUT2D eigenvalue weighted by Gasteiger charge is -2.11. The van der Waals surface area contributed by atoms with Gasteiger partial charge in [0.05, 0.1) is 17.7 Å². The molecule has 30 heavy (non-hydrogen) atoms. The second kappa shape index (κ2) is 8.62. The molecule has 0 bridgehead atoms. The number of benzene rings is 1. The molecular weight excluding hydrogens is 400 g/mol. The number of aromatic nitrogens is 2. The number of fused-ring (bicyclic) bond motifs is 1. The predicted molar refractivity (Wildman–Crippen MR) is 117 cm³/mol. The van der Waals surface area contributed by atoms with Crippen molar-refractivity contribution in [3.63, 3.8) is 0 Å². The zero-order chi connectivity index (χ0) is 21.1. The second-order valence-corrected chi connectivity index (χ2v) is 9.80. The normalized spacial score (nSPS) is 15.7. The Morgan fingerprint density at radius 2 is 1.97 bits per heavy atom. The lowest BCUT2D eigenvalue weighted by molar-refractivity contribution is 0.201. The largest absolute Gasteiger partial charge is 0.490 e. The van der Waals surface area contributed by atoms with Gasteiger partial charge in [0.15, 0.2) is 9.84 Å². The van der Waals surface area contributed by atoms with Gasteiger partial charge in [0, 0.05) is 22.9 Å². The topological polar surface area (TPSA) is 92.3 Å². The van der Waals surface area contributed by atoms with E-state index < -0.39 is 9.84 Å². The molecule has 0 unspecified atom stereocenters. The summed E-state index contributed by atoms with van der Waals surface area (Å²) in [5, 5.41) is 9.87. The molecule has 2 heterocycles. The molecule has 0 aliphatic heterocycles. The molecule has 6 nitrogen and oxygen atoms in total. The number of allylic oxidation sites excluding steroid dienone is 1. The third-order valence-corrected chi connectivity index (χ3v) is 6.62. The van der Waals surface area contributed by atoms with E-state index in [1.807, 2.05) is 24.3 Å². The van der Waals surface area contributed by atoms with Crippen LogP contribution < -0.4 is 4.74 Å².